The van der Waals surface area contributed by atoms with Crippen LogP contribution in [0.1, 0.15) is 25.1 Å². The largest absolute Gasteiger partial charge is 0.387 e. The van der Waals surface area contributed by atoms with E-state index >= 15 is 0 Å². The molecule has 0 radical (unpaired) electrons. The summed E-state index contributed by atoms with van der Waals surface area (Å²) >= 11 is 0. The maximum atomic E-state index is 9.34. The van der Waals surface area contributed by atoms with Gasteiger partial charge in [0.25, 0.3) is 0 Å². The fourth-order valence-electron chi connectivity index (χ4n) is 0.898. The number of hydrogen-bond acceptors (Lipinski definition) is 2. The van der Waals surface area contributed by atoms with Crippen LogP contribution in [-0.4, -0.2) is 14.7 Å². The summed E-state index contributed by atoms with van der Waals surface area (Å²) in [6.07, 6.45) is 3.74. The lowest BCUT2D eigenvalue weighted by atomic mass is 10.2. The molecule has 1 rings (SSSR count). The normalized spacial score (nSPS) is 13.5. The van der Waals surface area contributed by atoms with Crippen LogP contribution in [0.15, 0.2) is 12.5 Å². The lowest BCUT2D eigenvalue weighted by Crippen LogP contribution is -2.01. The molecule has 0 aliphatic heterocycles. The molecular weight excluding hydrogens is 128 g/mol. The third-order valence-corrected chi connectivity index (χ3v) is 1.58. The number of aromatic nitrogens is 2. The maximum absolute atomic E-state index is 9.34. The highest BCUT2D eigenvalue weighted by Crippen LogP contribution is 2.13. The second kappa shape index (κ2) is 2.84. The molecule has 3 heteroatoms. The van der Waals surface area contributed by atoms with Gasteiger partial charge in [0, 0.05) is 7.05 Å². The van der Waals surface area contributed by atoms with Crippen molar-refractivity contribution in [3.63, 3.8) is 0 Å². The molecule has 1 aromatic heterocycles. The number of aryl methyl sites for hydroxylation is 1. The molecule has 0 fully saturated rings. The van der Waals surface area contributed by atoms with Crippen molar-refractivity contribution in [2.75, 3.05) is 0 Å². The molecule has 1 heterocycles. The summed E-state index contributed by atoms with van der Waals surface area (Å²) in [7, 11) is 1.88. The summed E-state index contributed by atoms with van der Waals surface area (Å²) in [5.74, 6) is 0. The van der Waals surface area contributed by atoms with Crippen LogP contribution in [0.25, 0.3) is 0 Å². The molecule has 0 saturated carbocycles. The minimum absolute atomic E-state index is 0.368. The highest BCUT2D eigenvalue weighted by Gasteiger charge is 2.06. The van der Waals surface area contributed by atoms with Gasteiger partial charge in [-0.25, -0.2) is 4.98 Å². The van der Waals surface area contributed by atoms with Gasteiger partial charge in [0.15, 0.2) is 0 Å². The first-order chi connectivity index (χ1) is 4.75. The molecule has 3 nitrogen and oxygen atoms in total. The van der Waals surface area contributed by atoms with Crippen LogP contribution in [0.4, 0.5) is 0 Å². The first kappa shape index (κ1) is 7.28. The number of nitrogens with zero attached hydrogens (tertiary/aromatic N) is 2. The van der Waals surface area contributed by atoms with Gasteiger partial charge in [0.1, 0.15) is 0 Å². The maximum Gasteiger partial charge on any atom is 0.0953 e. The Labute approximate surface area is 60.3 Å². The first-order valence-electron chi connectivity index (χ1n) is 3.40. The molecule has 10 heavy (non-hydrogen) atoms. The minimum Gasteiger partial charge on any atom is -0.387 e. The third-order valence-electron chi connectivity index (χ3n) is 1.58. The molecule has 0 aliphatic rings. The van der Waals surface area contributed by atoms with Gasteiger partial charge in [0.2, 0.25) is 0 Å². The lowest BCUT2D eigenvalue weighted by Gasteiger charge is -2.06. The molecular formula is C7H12N2O. The van der Waals surface area contributed by atoms with E-state index in [-0.39, 0.29) is 6.10 Å². The van der Waals surface area contributed by atoms with E-state index in [9.17, 15) is 5.11 Å². The van der Waals surface area contributed by atoms with E-state index < -0.39 is 0 Å². The highest BCUT2D eigenvalue weighted by atomic mass is 16.3. The Morgan fingerprint density at radius 2 is 2.50 bits per heavy atom. The van der Waals surface area contributed by atoms with Crippen LogP contribution in [0.3, 0.4) is 0 Å². The van der Waals surface area contributed by atoms with Crippen molar-refractivity contribution < 1.29 is 5.11 Å². The fourth-order valence-corrected chi connectivity index (χ4v) is 0.898. The predicted octanol–water partition coefficient (Wildman–Crippen LogP) is 0.863. The third kappa shape index (κ3) is 1.19. The van der Waals surface area contributed by atoms with E-state index in [4.69, 9.17) is 0 Å². The number of hydrogen-bond donors (Lipinski definition) is 1. The standard InChI is InChI=1S/C7H12N2O/c1-3-7(10)6-4-8-5-9(6)2/h4-5,7,10H,3H2,1-2H3/t7-/m0/s1. The molecule has 56 valence electrons. The van der Waals surface area contributed by atoms with E-state index in [1.54, 1.807) is 12.5 Å². The van der Waals surface area contributed by atoms with Gasteiger partial charge in [-0.3, -0.25) is 0 Å². The second-order valence-electron chi connectivity index (χ2n) is 2.35. The highest BCUT2D eigenvalue weighted by molar-refractivity contribution is 5.00. The van der Waals surface area contributed by atoms with Gasteiger partial charge < -0.3 is 9.67 Å². The number of rotatable bonds is 2. The smallest absolute Gasteiger partial charge is 0.0953 e. The molecule has 0 amide bonds. The zero-order chi connectivity index (χ0) is 7.56. The van der Waals surface area contributed by atoms with E-state index in [0.29, 0.717) is 0 Å². The molecule has 0 unspecified atom stereocenters. The van der Waals surface area contributed by atoms with Crippen molar-refractivity contribution in [3.05, 3.63) is 18.2 Å². The van der Waals surface area contributed by atoms with Crippen molar-refractivity contribution in [2.24, 2.45) is 7.05 Å². The van der Waals surface area contributed by atoms with Crippen LogP contribution in [0.2, 0.25) is 0 Å². The Morgan fingerprint density at radius 1 is 1.80 bits per heavy atom. The van der Waals surface area contributed by atoms with Crippen molar-refractivity contribution in [1.82, 2.24) is 9.55 Å². The molecule has 1 aromatic rings. The predicted molar refractivity (Wildman–Crippen MR) is 38.5 cm³/mol. The molecule has 0 bridgehead atoms. The molecule has 0 aliphatic carbocycles. The summed E-state index contributed by atoms with van der Waals surface area (Å²) in [6.45, 7) is 1.94. The van der Waals surface area contributed by atoms with Crippen molar-refractivity contribution >= 4 is 0 Å². The Morgan fingerprint density at radius 3 is 2.90 bits per heavy atom. The van der Waals surface area contributed by atoms with Crippen molar-refractivity contribution in [3.8, 4) is 0 Å². The lowest BCUT2D eigenvalue weighted by molar-refractivity contribution is 0.165. The van der Waals surface area contributed by atoms with E-state index in [1.165, 1.54) is 0 Å². The SMILES string of the molecule is CC[C@H](O)c1cncn1C. The van der Waals surface area contributed by atoms with E-state index in [1.807, 2.05) is 18.5 Å². The van der Waals surface area contributed by atoms with Crippen LogP contribution >= 0.6 is 0 Å². The number of aliphatic hydroxyl groups is 1. The average Bonchev–Trinajstić information content (AvgIpc) is 2.34. The quantitative estimate of drug-likeness (QED) is 0.661. The first-order valence-corrected chi connectivity index (χ1v) is 3.40. The van der Waals surface area contributed by atoms with Crippen LogP contribution < -0.4 is 0 Å². The molecule has 0 spiro atoms. The number of aliphatic hydroxyl groups excluding tert-OH is 1. The topological polar surface area (TPSA) is 38.1 Å². The summed E-state index contributed by atoms with van der Waals surface area (Å²) in [5.41, 5.74) is 0.877. The zero-order valence-electron chi connectivity index (χ0n) is 6.28. The van der Waals surface area contributed by atoms with Gasteiger partial charge >= 0.3 is 0 Å². The van der Waals surface area contributed by atoms with Crippen LogP contribution in [0, 0.1) is 0 Å². The van der Waals surface area contributed by atoms with E-state index in [0.717, 1.165) is 12.1 Å². The molecule has 1 atom stereocenters. The monoisotopic (exact) mass is 140 g/mol. The van der Waals surface area contributed by atoms with Crippen molar-refractivity contribution in [1.29, 1.82) is 0 Å². The zero-order valence-corrected chi connectivity index (χ0v) is 6.28. The van der Waals surface area contributed by atoms with Gasteiger partial charge in [0.05, 0.1) is 24.3 Å². The van der Waals surface area contributed by atoms with Gasteiger partial charge in [-0.15, -0.1) is 0 Å². The van der Waals surface area contributed by atoms with Gasteiger partial charge in [-0.1, -0.05) is 6.92 Å². The van der Waals surface area contributed by atoms with Gasteiger partial charge in [-0.05, 0) is 6.42 Å². The molecule has 0 aromatic carbocycles. The van der Waals surface area contributed by atoms with Crippen LogP contribution in [-0.2, 0) is 7.05 Å². The Hall–Kier alpha value is -0.830. The van der Waals surface area contributed by atoms with Crippen LogP contribution in [0.5, 0.6) is 0 Å². The Balaban J connectivity index is 2.82. The average molecular weight is 140 g/mol. The summed E-state index contributed by atoms with van der Waals surface area (Å²) in [6, 6.07) is 0. The number of imidazole rings is 1. The fraction of sp³-hybridized carbons (Fsp3) is 0.571. The Bertz CT molecular complexity index is 207. The second-order valence-corrected chi connectivity index (χ2v) is 2.35. The molecule has 0 saturated heterocycles. The summed E-state index contributed by atoms with van der Waals surface area (Å²) in [5, 5.41) is 9.34. The minimum atomic E-state index is -0.368. The molecule has 1 N–H and O–H groups in total. The Kier molecular flexibility index (Phi) is 2.06. The van der Waals surface area contributed by atoms with Crippen molar-refractivity contribution in [2.45, 2.75) is 19.4 Å². The van der Waals surface area contributed by atoms with Gasteiger partial charge in [-0.2, -0.15) is 0 Å². The summed E-state index contributed by atoms with van der Waals surface area (Å²) < 4.78 is 1.83. The summed E-state index contributed by atoms with van der Waals surface area (Å²) in [4.78, 5) is 3.89. The van der Waals surface area contributed by atoms with E-state index in [2.05, 4.69) is 4.98 Å².